The van der Waals surface area contributed by atoms with E-state index in [1.54, 1.807) is 6.33 Å². The minimum Gasteiger partial charge on any atom is -0.387 e. The topological polar surface area (TPSA) is 73.3 Å². The van der Waals surface area contributed by atoms with Crippen molar-refractivity contribution < 1.29 is 5.11 Å². The number of nitrogens with one attached hydrogen (secondary N) is 2. The smallest absolute Gasteiger partial charge is 0.140 e. The van der Waals surface area contributed by atoms with Crippen molar-refractivity contribution in [3.05, 3.63) is 45.9 Å². The highest BCUT2D eigenvalue weighted by Crippen LogP contribution is 2.53. The number of aliphatic hydroxyl groups excluding tert-OH is 1. The Morgan fingerprint density at radius 3 is 2.81 bits per heavy atom. The summed E-state index contributed by atoms with van der Waals surface area (Å²) in [6.07, 6.45) is 3.98. The zero-order valence-corrected chi connectivity index (χ0v) is 19.3. The minimum atomic E-state index is -0.502. The first-order chi connectivity index (χ1) is 14.9. The van der Waals surface area contributed by atoms with E-state index in [1.165, 1.54) is 16.8 Å². The van der Waals surface area contributed by atoms with Crippen LogP contribution in [0.25, 0.3) is 0 Å². The van der Waals surface area contributed by atoms with Crippen molar-refractivity contribution in [2.75, 3.05) is 24.5 Å². The van der Waals surface area contributed by atoms with Gasteiger partial charge in [-0.05, 0) is 61.5 Å². The predicted molar refractivity (Wildman–Crippen MR) is 124 cm³/mol. The molecule has 3 N–H and O–H groups in total. The number of aromatic nitrogens is 2. The van der Waals surface area contributed by atoms with Gasteiger partial charge in [0.25, 0.3) is 0 Å². The first-order valence-electron chi connectivity index (χ1n) is 11.5. The van der Waals surface area contributed by atoms with Crippen molar-refractivity contribution in [2.45, 2.75) is 70.1 Å². The summed E-state index contributed by atoms with van der Waals surface area (Å²) in [6.45, 7) is 10.2. The van der Waals surface area contributed by atoms with Crippen molar-refractivity contribution in [1.29, 1.82) is 0 Å². The maximum Gasteiger partial charge on any atom is 0.140 e. The van der Waals surface area contributed by atoms with Crippen LogP contribution < -0.4 is 15.5 Å². The third-order valence-corrected chi connectivity index (χ3v) is 7.65. The summed E-state index contributed by atoms with van der Waals surface area (Å²) in [7, 11) is 0. The lowest BCUT2D eigenvalue weighted by molar-refractivity contribution is 0.170. The standard InChI is InChI=1S/C24H32ClN5O/c1-14(2)27-11-16-17(25)4-5-18-21(16)24(6-8-26-9-7-24)12-30(18)23-20-15(3)10-19(31)22(20)28-13-29-23/h4-5,13-15,19,26-27,31H,6-12H2,1-3H3/t15-,19-/m1/s1. The third kappa shape index (κ3) is 3.44. The van der Waals surface area contributed by atoms with Crippen LogP contribution >= 0.6 is 11.6 Å². The first kappa shape index (κ1) is 21.1. The molecule has 3 aliphatic rings. The van der Waals surface area contributed by atoms with Gasteiger partial charge >= 0.3 is 0 Å². The van der Waals surface area contributed by atoms with Gasteiger partial charge in [-0.2, -0.15) is 0 Å². The van der Waals surface area contributed by atoms with Gasteiger partial charge in [0.15, 0.2) is 0 Å². The summed E-state index contributed by atoms with van der Waals surface area (Å²) in [4.78, 5) is 11.6. The molecule has 0 bridgehead atoms. The average Bonchev–Trinajstić information content (AvgIpc) is 3.22. The molecule has 1 aromatic heterocycles. The highest BCUT2D eigenvalue weighted by atomic mass is 35.5. The molecule has 0 amide bonds. The summed E-state index contributed by atoms with van der Waals surface area (Å²) >= 11 is 6.79. The molecule has 5 rings (SSSR count). The number of benzene rings is 1. The molecule has 7 heteroatoms. The van der Waals surface area contributed by atoms with Gasteiger partial charge < -0.3 is 20.6 Å². The minimum absolute atomic E-state index is 0.0533. The van der Waals surface area contributed by atoms with Crippen molar-refractivity contribution >= 4 is 23.1 Å². The molecule has 1 saturated heterocycles. The van der Waals surface area contributed by atoms with Crippen LogP contribution in [0.15, 0.2) is 18.5 Å². The molecule has 0 radical (unpaired) electrons. The Morgan fingerprint density at radius 1 is 1.29 bits per heavy atom. The Labute approximate surface area is 189 Å². The van der Waals surface area contributed by atoms with Gasteiger partial charge in [-0.25, -0.2) is 9.97 Å². The summed E-state index contributed by atoms with van der Waals surface area (Å²) in [5.74, 6) is 1.19. The van der Waals surface area contributed by atoms with E-state index in [1.807, 2.05) is 6.07 Å². The molecule has 0 saturated carbocycles. The van der Waals surface area contributed by atoms with Gasteiger partial charge in [-0.15, -0.1) is 0 Å². The van der Waals surface area contributed by atoms with Crippen LogP contribution in [0.3, 0.4) is 0 Å². The highest BCUT2D eigenvalue weighted by molar-refractivity contribution is 6.31. The van der Waals surface area contributed by atoms with Crippen LogP contribution in [0, 0.1) is 0 Å². The van der Waals surface area contributed by atoms with Crippen molar-refractivity contribution in [3.63, 3.8) is 0 Å². The fourth-order valence-electron chi connectivity index (χ4n) is 5.79. The third-order valence-electron chi connectivity index (χ3n) is 7.30. The zero-order valence-electron chi connectivity index (χ0n) is 18.6. The van der Waals surface area contributed by atoms with Crippen LogP contribution in [-0.4, -0.2) is 40.8 Å². The number of hydrogen-bond donors (Lipinski definition) is 3. The Morgan fingerprint density at radius 2 is 2.06 bits per heavy atom. The molecule has 3 heterocycles. The van der Waals surface area contributed by atoms with Crippen molar-refractivity contribution in [2.24, 2.45) is 0 Å². The fourth-order valence-corrected chi connectivity index (χ4v) is 6.02. The molecular formula is C24H32ClN5O. The van der Waals surface area contributed by atoms with Crippen molar-refractivity contribution in [3.8, 4) is 0 Å². The van der Waals surface area contributed by atoms with E-state index < -0.39 is 6.10 Å². The van der Waals surface area contributed by atoms with Gasteiger partial charge in [-0.1, -0.05) is 32.4 Å². The molecule has 1 aliphatic carbocycles. The second-order valence-corrected chi connectivity index (χ2v) is 10.1. The maximum atomic E-state index is 10.5. The molecule has 2 aromatic rings. The molecule has 31 heavy (non-hydrogen) atoms. The van der Waals surface area contributed by atoms with Crippen LogP contribution in [0.2, 0.25) is 5.02 Å². The number of rotatable bonds is 4. The lowest BCUT2D eigenvalue weighted by atomic mass is 9.73. The molecule has 6 nitrogen and oxygen atoms in total. The number of aliphatic hydroxyl groups is 1. The van der Waals surface area contributed by atoms with E-state index in [0.29, 0.717) is 12.5 Å². The van der Waals surface area contributed by atoms with E-state index in [9.17, 15) is 5.11 Å². The van der Waals surface area contributed by atoms with E-state index >= 15 is 0 Å². The molecule has 1 fully saturated rings. The number of piperidine rings is 1. The lowest BCUT2D eigenvalue weighted by Crippen LogP contribution is -2.43. The summed E-state index contributed by atoms with van der Waals surface area (Å²) in [5.41, 5.74) is 5.76. The average molecular weight is 442 g/mol. The Hall–Kier alpha value is -1.73. The Kier molecular flexibility index (Phi) is 5.45. The largest absolute Gasteiger partial charge is 0.387 e. The fraction of sp³-hybridized carbons (Fsp3) is 0.583. The van der Waals surface area contributed by atoms with Crippen LogP contribution in [-0.2, 0) is 12.0 Å². The van der Waals surface area contributed by atoms with Gasteiger partial charge in [0.2, 0.25) is 0 Å². The molecule has 0 unspecified atom stereocenters. The first-order valence-corrected chi connectivity index (χ1v) is 11.9. The predicted octanol–water partition coefficient (Wildman–Crippen LogP) is 3.94. The van der Waals surface area contributed by atoms with Gasteiger partial charge in [0.1, 0.15) is 12.1 Å². The van der Waals surface area contributed by atoms with Crippen LogP contribution in [0.1, 0.15) is 74.4 Å². The number of nitrogens with zero attached hydrogens (tertiary/aromatic N) is 3. The SMILES string of the molecule is CC(C)NCc1c(Cl)ccc2c1C1(CCNCC1)CN2c1ncnc2c1[C@H](C)C[C@H]2O. The molecule has 1 aromatic carbocycles. The quantitative estimate of drug-likeness (QED) is 0.667. The second kappa shape index (κ2) is 8.00. The highest BCUT2D eigenvalue weighted by Gasteiger charge is 2.47. The van der Waals surface area contributed by atoms with Gasteiger partial charge in [0, 0.05) is 40.8 Å². The molecule has 166 valence electrons. The van der Waals surface area contributed by atoms with E-state index in [0.717, 1.165) is 61.1 Å². The Bertz CT molecular complexity index is 988. The summed E-state index contributed by atoms with van der Waals surface area (Å²) < 4.78 is 0. The maximum absolute atomic E-state index is 10.5. The van der Waals surface area contributed by atoms with Gasteiger partial charge in [0.05, 0.1) is 11.8 Å². The van der Waals surface area contributed by atoms with Crippen molar-refractivity contribution in [1.82, 2.24) is 20.6 Å². The number of halogens is 1. The zero-order chi connectivity index (χ0) is 21.8. The van der Waals surface area contributed by atoms with Crippen LogP contribution in [0.4, 0.5) is 11.5 Å². The van der Waals surface area contributed by atoms with E-state index in [-0.39, 0.29) is 11.3 Å². The molecule has 1 spiro atoms. The summed E-state index contributed by atoms with van der Waals surface area (Å²) in [6, 6.07) is 4.59. The van der Waals surface area contributed by atoms with E-state index in [4.69, 9.17) is 16.6 Å². The molecular weight excluding hydrogens is 410 g/mol. The normalized spacial score (nSPS) is 24.1. The van der Waals surface area contributed by atoms with E-state index in [2.05, 4.69) is 47.4 Å². The molecule has 2 aliphatic heterocycles. The second-order valence-electron chi connectivity index (χ2n) is 9.72. The summed E-state index contributed by atoms with van der Waals surface area (Å²) in [5, 5.41) is 18.5. The molecule has 2 atom stereocenters. The number of hydrogen-bond acceptors (Lipinski definition) is 6. The lowest BCUT2D eigenvalue weighted by Gasteiger charge is -2.36. The van der Waals surface area contributed by atoms with Crippen LogP contribution in [0.5, 0.6) is 0 Å². The van der Waals surface area contributed by atoms with Gasteiger partial charge in [-0.3, -0.25) is 0 Å². The number of anilines is 2. The number of fused-ring (bicyclic) bond motifs is 3. The Balaban J connectivity index is 1.67. The monoisotopic (exact) mass is 441 g/mol.